The van der Waals surface area contributed by atoms with Crippen LogP contribution in [-0.4, -0.2) is 30.4 Å². The van der Waals surface area contributed by atoms with Crippen LogP contribution in [0.5, 0.6) is 0 Å². The topological polar surface area (TPSA) is 57.6 Å². The molecule has 0 saturated heterocycles. The van der Waals surface area contributed by atoms with Gasteiger partial charge < -0.3 is 5.11 Å². The van der Waals surface area contributed by atoms with Crippen LogP contribution in [0, 0.1) is 0 Å². The van der Waals surface area contributed by atoms with Crippen LogP contribution in [0.15, 0.2) is 27.6 Å². The lowest BCUT2D eigenvalue weighted by Crippen LogP contribution is -2.36. The molecule has 0 aromatic heterocycles. The molecule has 0 spiro atoms. The minimum absolute atomic E-state index is 0.0931. The Morgan fingerprint density at radius 2 is 2.00 bits per heavy atom. The predicted octanol–water partition coefficient (Wildman–Crippen LogP) is 2.36. The lowest BCUT2D eigenvalue weighted by molar-refractivity contribution is 0.281. The molecule has 0 aliphatic rings. The number of aliphatic hydroxyl groups excluding tert-OH is 1. The summed E-state index contributed by atoms with van der Waals surface area (Å²) >= 11 is 3.25. The normalized spacial score (nSPS) is 12.4. The average molecular weight is 336 g/mol. The summed E-state index contributed by atoms with van der Waals surface area (Å²) < 4.78 is 26.8. The maximum absolute atomic E-state index is 12.5. The van der Waals surface area contributed by atoms with Crippen molar-refractivity contribution >= 4 is 26.0 Å². The highest BCUT2D eigenvalue weighted by Gasteiger charge is 2.27. The van der Waals surface area contributed by atoms with Gasteiger partial charge in [0.05, 0.1) is 11.5 Å². The number of sulfonamides is 1. The first kappa shape index (κ1) is 15.6. The maximum atomic E-state index is 12.5. The van der Waals surface area contributed by atoms with Gasteiger partial charge in [-0.25, -0.2) is 8.42 Å². The van der Waals surface area contributed by atoms with Crippen LogP contribution in [0.25, 0.3) is 0 Å². The fourth-order valence-electron chi connectivity index (χ4n) is 1.79. The van der Waals surface area contributed by atoms with Crippen LogP contribution >= 0.6 is 15.9 Å². The second-order valence-electron chi connectivity index (χ2n) is 4.23. The highest BCUT2D eigenvalue weighted by atomic mass is 79.9. The van der Waals surface area contributed by atoms with Gasteiger partial charge in [-0.2, -0.15) is 4.31 Å². The summed E-state index contributed by atoms with van der Waals surface area (Å²) in [4.78, 5) is 0.232. The van der Waals surface area contributed by atoms with E-state index in [0.29, 0.717) is 16.6 Å². The van der Waals surface area contributed by atoms with Crippen molar-refractivity contribution in [2.24, 2.45) is 0 Å². The molecule has 0 amide bonds. The van der Waals surface area contributed by atoms with E-state index in [9.17, 15) is 8.42 Å². The van der Waals surface area contributed by atoms with E-state index in [1.54, 1.807) is 12.1 Å². The molecule has 18 heavy (non-hydrogen) atoms. The Labute approximate surface area is 117 Å². The molecule has 0 aliphatic carbocycles. The molecule has 6 heteroatoms. The molecule has 0 heterocycles. The van der Waals surface area contributed by atoms with Crippen molar-refractivity contribution in [3.63, 3.8) is 0 Å². The molecule has 0 atom stereocenters. The Bertz CT molecular complexity index is 514. The Kier molecular flexibility index (Phi) is 5.33. The average Bonchev–Trinajstić information content (AvgIpc) is 2.28. The molecule has 102 valence electrons. The van der Waals surface area contributed by atoms with Gasteiger partial charge in [-0.1, -0.05) is 13.0 Å². The highest BCUT2D eigenvalue weighted by molar-refractivity contribution is 9.10. The predicted molar refractivity (Wildman–Crippen MR) is 74.8 cm³/mol. The zero-order valence-corrected chi connectivity index (χ0v) is 13.1. The van der Waals surface area contributed by atoms with Crippen LogP contribution in [0.3, 0.4) is 0 Å². The monoisotopic (exact) mass is 335 g/mol. The Morgan fingerprint density at radius 3 is 2.39 bits per heavy atom. The third-order valence-corrected chi connectivity index (χ3v) is 5.78. The Hall–Kier alpha value is -0.430. The van der Waals surface area contributed by atoms with Gasteiger partial charge in [-0.05, 0) is 47.5 Å². The molecule has 1 rings (SSSR count). The van der Waals surface area contributed by atoms with E-state index >= 15 is 0 Å². The number of hydrogen-bond donors (Lipinski definition) is 1. The van der Waals surface area contributed by atoms with Crippen molar-refractivity contribution in [1.29, 1.82) is 0 Å². The van der Waals surface area contributed by atoms with Gasteiger partial charge in [0.15, 0.2) is 0 Å². The van der Waals surface area contributed by atoms with Gasteiger partial charge >= 0.3 is 0 Å². The molecule has 1 N–H and O–H groups in total. The fourth-order valence-corrected chi connectivity index (χ4v) is 4.52. The summed E-state index contributed by atoms with van der Waals surface area (Å²) in [5.41, 5.74) is 0.674. The van der Waals surface area contributed by atoms with E-state index in [2.05, 4.69) is 15.9 Å². The largest absolute Gasteiger partial charge is 0.392 e. The van der Waals surface area contributed by atoms with Gasteiger partial charge in [0.1, 0.15) is 0 Å². The second kappa shape index (κ2) is 6.14. The van der Waals surface area contributed by atoms with Crippen LogP contribution in [0.1, 0.15) is 26.3 Å². The summed E-state index contributed by atoms with van der Waals surface area (Å²) in [7, 11) is -3.50. The van der Waals surface area contributed by atoms with E-state index < -0.39 is 10.0 Å². The van der Waals surface area contributed by atoms with E-state index in [4.69, 9.17) is 5.11 Å². The zero-order chi connectivity index (χ0) is 13.9. The summed E-state index contributed by atoms with van der Waals surface area (Å²) in [5.74, 6) is 0. The molecule has 0 unspecified atom stereocenters. The van der Waals surface area contributed by atoms with Crippen molar-refractivity contribution in [3.8, 4) is 0 Å². The van der Waals surface area contributed by atoms with Crippen LogP contribution in [0.2, 0.25) is 0 Å². The quantitative estimate of drug-likeness (QED) is 0.898. The van der Waals surface area contributed by atoms with Crippen molar-refractivity contribution in [3.05, 3.63) is 28.2 Å². The first-order valence-corrected chi connectivity index (χ1v) is 7.99. The summed E-state index contributed by atoms with van der Waals surface area (Å²) in [6.45, 7) is 5.82. The number of benzene rings is 1. The molecule has 0 aliphatic heterocycles. The van der Waals surface area contributed by atoms with E-state index in [1.807, 2.05) is 20.8 Å². The van der Waals surface area contributed by atoms with Gasteiger partial charge in [-0.15, -0.1) is 0 Å². The van der Waals surface area contributed by atoms with E-state index in [1.165, 1.54) is 10.4 Å². The van der Waals surface area contributed by atoms with Gasteiger partial charge in [0.2, 0.25) is 10.0 Å². The van der Waals surface area contributed by atoms with Crippen LogP contribution in [0.4, 0.5) is 0 Å². The minimum Gasteiger partial charge on any atom is -0.392 e. The lowest BCUT2D eigenvalue weighted by Gasteiger charge is -2.25. The molecular weight excluding hydrogens is 318 g/mol. The fraction of sp³-hybridized carbons (Fsp3) is 0.500. The molecule has 1 aromatic carbocycles. The highest BCUT2D eigenvalue weighted by Crippen LogP contribution is 2.27. The van der Waals surface area contributed by atoms with Crippen LogP contribution < -0.4 is 0 Å². The first-order chi connectivity index (χ1) is 8.34. The number of rotatable bonds is 5. The van der Waals surface area contributed by atoms with E-state index in [-0.39, 0.29) is 17.5 Å². The molecular formula is C12H18BrNO3S. The second-order valence-corrected chi connectivity index (χ2v) is 6.94. The number of hydrogen-bond acceptors (Lipinski definition) is 3. The standard InChI is InChI=1S/C12H18BrNO3S/c1-4-14(9(2)3)18(16,17)12-6-5-10(8-15)7-11(12)13/h5-7,9,15H,4,8H2,1-3H3. The zero-order valence-electron chi connectivity index (χ0n) is 10.7. The minimum atomic E-state index is -3.50. The van der Waals surface area contributed by atoms with Gasteiger partial charge in [0.25, 0.3) is 0 Å². The van der Waals surface area contributed by atoms with Crippen molar-refractivity contribution in [2.45, 2.75) is 38.3 Å². The third kappa shape index (κ3) is 3.12. The molecule has 0 radical (unpaired) electrons. The number of aliphatic hydroxyl groups is 1. The lowest BCUT2D eigenvalue weighted by atomic mass is 10.2. The molecule has 0 fully saturated rings. The number of halogens is 1. The van der Waals surface area contributed by atoms with Gasteiger partial charge in [0, 0.05) is 17.1 Å². The smallest absolute Gasteiger partial charge is 0.244 e. The van der Waals surface area contributed by atoms with Crippen LogP contribution in [-0.2, 0) is 16.6 Å². The SMILES string of the molecule is CCN(C(C)C)S(=O)(=O)c1ccc(CO)cc1Br. The summed E-state index contributed by atoms with van der Waals surface area (Å²) in [5, 5.41) is 9.02. The third-order valence-electron chi connectivity index (χ3n) is 2.65. The van der Waals surface area contributed by atoms with Crippen molar-refractivity contribution in [1.82, 2.24) is 4.31 Å². The number of nitrogens with zero attached hydrogens (tertiary/aromatic N) is 1. The summed E-state index contributed by atoms with van der Waals surface area (Å²) in [6.07, 6.45) is 0. The molecule has 0 saturated carbocycles. The first-order valence-electron chi connectivity index (χ1n) is 5.75. The van der Waals surface area contributed by atoms with E-state index in [0.717, 1.165) is 0 Å². The molecule has 0 bridgehead atoms. The maximum Gasteiger partial charge on any atom is 0.244 e. The molecule has 1 aromatic rings. The van der Waals surface area contributed by atoms with Gasteiger partial charge in [-0.3, -0.25) is 0 Å². The van der Waals surface area contributed by atoms with Crippen molar-refractivity contribution in [2.75, 3.05) is 6.54 Å². The Balaban J connectivity index is 3.28. The Morgan fingerprint density at radius 1 is 1.39 bits per heavy atom. The summed E-state index contributed by atoms with van der Waals surface area (Å²) in [6, 6.07) is 4.67. The molecule has 4 nitrogen and oxygen atoms in total. The van der Waals surface area contributed by atoms with Crippen molar-refractivity contribution < 1.29 is 13.5 Å².